The Morgan fingerprint density at radius 3 is 2.58 bits per heavy atom. The van der Waals surface area contributed by atoms with Crippen molar-refractivity contribution >= 4 is 5.97 Å². The van der Waals surface area contributed by atoms with E-state index in [-0.39, 0.29) is 17.0 Å². The molecule has 0 amide bonds. The lowest BCUT2D eigenvalue weighted by Crippen LogP contribution is -2.24. The molecule has 3 aliphatic rings. The minimum absolute atomic E-state index is 0.00984. The Balaban J connectivity index is 1.97. The predicted octanol–water partition coefficient (Wildman–Crippen LogP) is 1.74. The summed E-state index contributed by atoms with van der Waals surface area (Å²) >= 11 is 0. The number of hydrogen-bond donors (Lipinski definition) is 0. The molecule has 0 N–H and O–H groups in total. The number of rotatable bonds is 1. The monoisotopic (exact) mass is 166 g/mol. The smallest absolute Gasteiger partial charge is 0.306 e. The summed E-state index contributed by atoms with van der Waals surface area (Å²) in [7, 11) is 0. The second kappa shape index (κ2) is 1.57. The van der Waals surface area contributed by atoms with Crippen LogP contribution in [0, 0.1) is 17.3 Å². The maximum Gasteiger partial charge on any atom is 0.306 e. The van der Waals surface area contributed by atoms with Crippen molar-refractivity contribution in [3.05, 3.63) is 0 Å². The van der Waals surface area contributed by atoms with E-state index in [2.05, 4.69) is 13.8 Å². The van der Waals surface area contributed by atoms with E-state index in [1.54, 1.807) is 0 Å². The molecule has 0 radical (unpaired) electrons. The Bertz CT molecular complexity index is 265. The maximum absolute atomic E-state index is 11.1. The van der Waals surface area contributed by atoms with Crippen LogP contribution in [-0.2, 0) is 9.53 Å². The molecular formula is C10H14O2. The summed E-state index contributed by atoms with van der Waals surface area (Å²) in [6, 6.07) is 0. The fourth-order valence-corrected chi connectivity index (χ4v) is 3.28. The molecule has 0 bridgehead atoms. The average Bonchev–Trinajstić information content (AvgIpc) is 2.82. The molecule has 0 aromatic heterocycles. The molecule has 2 nitrogen and oxygen atoms in total. The van der Waals surface area contributed by atoms with Crippen molar-refractivity contribution in [2.24, 2.45) is 17.3 Å². The van der Waals surface area contributed by atoms with E-state index in [4.69, 9.17) is 4.74 Å². The first-order valence-corrected chi connectivity index (χ1v) is 4.81. The largest absolute Gasteiger partial charge is 0.458 e. The summed E-state index contributed by atoms with van der Waals surface area (Å²) in [5.41, 5.74) is 0.270. The molecular weight excluding hydrogens is 152 g/mol. The van der Waals surface area contributed by atoms with E-state index in [1.807, 2.05) is 0 Å². The number of esters is 1. The predicted molar refractivity (Wildman–Crippen MR) is 43.4 cm³/mol. The van der Waals surface area contributed by atoms with Crippen molar-refractivity contribution in [3.8, 4) is 0 Å². The highest BCUT2D eigenvalue weighted by molar-refractivity contribution is 5.76. The topological polar surface area (TPSA) is 26.3 Å². The van der Waals surface area contributed by atoms with Crippen LogP contribution in [0.25, 0.3) is 0 Å². The zero-order chi connectivity index (χ0) is 8.56. The third kappa shape index (κ3) is 0.511. The highest BCUT2D eigenvalue weighted by Crippen LogP contribution is 2.76. The van der Waals surface area contributed by atoms with Crippen LogP contribution < -0.4 is 0 Å². The molecule has 3 rings (SSSR count). The average molecular weight is 166 g/mol. The third-order valence-corrected chi connectivity index (χ3v) is 4.15. The van der Waals surface area contributed by atoms with Gasteiger partial charge >= 0.3 is 5.97 Å². The third-order valence-electron chi connectivity index (χ3n) is 4.15. The summed E-state index contributed by atoms with van der Waals surface area (Å²) in [5.74, 6) is 1.26. The lowest BCUT2D eigenvalue weighted by molar-refractivity contribution is -0.149. The van der Waals surface area contributed by atoms with Gasteiger partial charge in [-0.15, -0.1) is 0 Å². The lowest BCUT2D eigenvalue weighted by atomic mass is 10.0. The van der Waals surface area contributed by atoms with Gasteiger partial charge in [0.15, 0.2) is 0 Å². The Labute approximate surface area is 72.3 Å². The second-order valence-corrected chi connectivity index (χ2v) is 5.02. The minimum atomic E-state index is -0.00984. The zero-order valence-electron chi connectivity index (χ0n) is 7.59. The second-order valence-electron chi connectivity index (χ2n) is 5.02. The summed E-state index contributed by atoms with van der Waals surface area (Å²) in [6.07, 6.45) is 3.21. The van der Waals surface area contributed by atoms with Crippen molar-refractivity contribution in [1.82, 2.24) is 0 Å². The van der Waals surface area contributed by atoms with Crippen molar-refractivity contribution in [2.45, 2.75) is 38.7 Å². The SMILES string of the molecule is CC1(C)[C@@H]2CC(=O)O[C@@]21C1CC1. The molecule has 1 heterocycles. The van der Waals surface area contributed by atoms with Crippen molar-refractivity contribution in [1.29, 1.82) is 0 Å². The van der Waals surface area contributed by atoms with Gasteiger partial charge < -0.3 is 4.74 Å². The highest BCUT2D eigenvalue weighted by atomic mass is 16.6. The van der Waals surface area contributed by atoms with Gasteiger partial charge in [-0.25, -0.2) is 0 Å². The van der Waals surface area contributed by atoms with Gasteiger partial charge in [-0.3, -0.25) is 4.79 Å². The quantitative estimate of drug-likeness (QED) is 0.554. The van der Waals surface area contributed by atoms with E-state index < -0.39 is 0 Å². The molecule has 2 saturated carbocycles. The van der Waals surface area contributed by atoms with Crippen LogP contribution >= 0.6 is 0 Å². The van der Waals surface area contributed by atoms with Gasteiger partial charge in [-0.2, -0.15) is 0 Å². The van der Waals surface area contributed by atoms with Crippen LogP contribution in [-0.4, -0.2) is 11.6 Å². The number of carbonyl (C=O) groups excluding carboxylic acids is 1. The van der Waals surface area contributed by atoms with Gasteiger partial charge in [0.2, 0.25) is 0 Å². The van der Waals surface area contributed by atoms with Gasteiger partial charge in [0.05, 0.1) is 6.42 Å². The lowest BCUT2D eigenvalue weighted by Gasteiger charge is -2.18. The number of fused-ring (bicyclic) bond motifs is 1. The Morgan fingerprint density at radius 2 is 2.08 bits per heavy atom. The van der Waals surface area contributed by atoms with Gasteiger partial charge in [0.1, 0.15) is 5.60 Å². The van der Waals surface area contributed by atoms with Crippen LogP contribution in [0.4, 0.5) is 0 Å². The minimum Gasteiger partial charge on any atom is -0.458 e. The van der Waals surface area contributed by atoms with E-state index in [9.17, 15) is 4.79 Å². The highest BCUT2D eigenvalue weighted by Gasteiger charge is 2.82. The van der Waals surface area contributed by atoms with E-state index >= 15 is 0 Å². The number of carbonyl (C=O) groups is 1. The molecule has 2 aliphatic carbocycles. The van der Waals surface area contributed by atoms with E-state index in [0.717, 1.165) is 0 Å². The van der Waals surface area contributed by atoms with Crippen molar-refractivity contribution in [2.75, 3.05) is 0 Å². The molecule has 0 unspecified atom stereocenters. The van der Waals surface area contributed by atoms with Crippen LogP contribution in [0.15, 0.2) is 0 Å². The van der Waals surface area contributed by atoms with Crippen LogP contribution in [0.2, 0.25) is 0 Å². The Kier molecular flexibility index (Phi) is 0.906. The fraction of sp³-hybridized carbons (Fsp3) is 0.900. The van der Waals surface area contributed by atoms with Crippen LogP contribution in [0.5, 0.6) is 0 Å². The first-order chi connectivity index (χ1) is 5.59. The van der Waals surface area contributed by atoms with Crippen LogP contribution in [0.3, 0.4) is 0 Å². The molecule has 66 valence electrons. The van der Waals surface area contributed by atoms with Crippen LogP contribution in [0.1, 0.15) is 33.1 Å². The number of hydrogen-bond acceptors (Lipinski definition) is 2. The summed E-state index contributed by atoms with van der Waals surface area (Å²) in [5, 5.41) is 0. The van der Waals surface area contributed by atoms with Gasteiger partial charge in [0.25, 0.3) is 0 Å². The molecule has 0 aromatic carbocycles. The summed E-state index contributed by atoms with van der Waals surface area (Å²) in [4.78, 5) is 11.1. The molecule has 2 atom stereocenters. The molecule has 12 heavy (non-hydrogen) atoms. The fourth-order valence-electron chi connectivity index (χ4n) is 3.28. The van der Waals surface area contributed by atoms with Crippen molar-refractivity contribution < 1.29 is 9.53 Å². The van der Waals surface area contributed by atoms with Gasteiger partial charge in [0, 0.05) is 11.3 Å². The maximum atomic E-state index is 11.1. The Hall–Kier alpha value is -0.530. The molecule has 3 fully saturated rings. The standard InChI is InChI=1S/C10H14O2/c1-9(2)7-5-8(11)12-10(7,9)6-3-4-6/h6-7H,3-5H2,1-2H3/t7-,10-/m0/s1. The Morgan fingerprint density at radius 1 is 1.42 bits per heavy atom. The van der Waals surface area contributed by atoms with Crippen molar-refractivity contribution in [3.63, 3.8) is 0 Å². The first kappa shape index (κ1) is 6.93. The molecule has 0 aromatic rings. The molecule has 1 saturated heterocycles. The zero-order valence-corrected chi connectivity index (χ0v) is 7.59. The normalized spacial score (nSPS) is 48.5. The first-order valence-electron chi connectivity index (χ1n) is 4.81. The van der Waals surface area contributed by atoms with E-state index in [1.165, 1.54) is 12.8 Å². The summed E-state index contributed by atoms with van der Waals surface area (Å²) in [6.45, 7) is 4.48. The summed E-state index contributed by atoms with van der Waals surface area (Å²) < 4.78 is 5.52. The van der Waals surface area contributed by atoms with Gasteiger partial charge in [-0.05, 0) is 18.8 Å². The molecule has 2 heteroatoms. The van der Waals surface area contributed by atoms with E-state index in [0.29, 0.717) is 18.3 Å². The van der Waals surface area contributed by atoms with Gasteiger partial charge in [-0.1, -0.05) is 13.8 Å². The molecule has 1 aliphatic heterocycles. The molecule has 0 spiro atoms. The number of ether oxygens (including phenoxy) is 1.